The summed E-state index contributed by atoms with van der Waals surface area (Å²) >= 11 is 0. The highest BCUT2D eigenvalue weighted by atomic mass is 16.6. The monoisotopic (exact) mass is 343 g/mol. The van der Waals surface area contributed by atoms with Crippen molar-refractivity contribution >= 4 is 18.2 Å². The highest BCUT2D eigenvalue weighted by molar-refractivity contribution is 5.89. The lowest BCUT2D eigenvalue weighted by molar-refractivity contribution is -0.160. The van der Waals surface area contributed by atoms with E-state index in [1.54, 1.807) is 55.4 Å². The van der Waals surface area contributed by atoms with E-state index in [9.17, 15) is 14.4 Å². The van der Waals surface area contributed by atoms with Crippen LogP contribution in [0.25, 0.3) is 0 Å². The first kappa shape index (κ1) is 20.3. The third-order valence-electron chi connectivity index (χ3n) is 3.68. The summed E-state index contributed by atoms with van der Waals surface area (Å²) in [7, 11) is 0. The van der Waals surface area contributed by atoms with E-state index in [1.807, 2.05) is 0 Å². The van der Waals surface area contributed by atoms with Crippen LogP contribution in [0.4, 0.5) is 9.59 Å². The van der Waals surface area contributed by atoms with E-state index < -0.39 is 35.3 Å². The number of cyclic esters (lactones) is 1. The van der Waals surface area contributed by atoms with E-state index >= 15 is 0 Å². The SMILES string of the molecule is C[C@@H]1[C@H](N(C(=O)OC(C)(C)C)C(=O)OC(C)(C)C)COC(=O)[C@@H]1C. The summed E-state index contributed by atoms with van der Waals surface area (Å²) in [5.74, 6) is -1.05. The minimum atomic E-state index is -0.807. The van der Waals surface area contributed by atoms with E-state index in [0.29, 0.717) is 0 Å². The number of imide groups is 1. The van der Waals surface area contributed by atoms with Crippen LogP contribution in [0, 0.1) is 11.8 Å². The maximum absolute atomic E-state index is 12.6. The summed E-state index contributed by atoms with van der Waals surface area (Å²) in [6, 6.07) is -0.637. The van der Waals surface area contributed by atoms with Gasteiger partial charge in [-0.1, -0.05) is 13.8 Å². The van der Waals surface area contributed by atoms with Crippen LogP contribution in [0.1, 0.15) is 55.4 Å². The molecule has 0 N–H and O–H groups in total. The Hall–Kier alpha value is -1.79. The van der Waals surface area contributed by atoms with Crippen molar-refractivity contribution < 1.29 is 28.6 Å². The topological polar surface area (TPSA) is 82.1 Å². The van der Waals surface area contributed by atoms with E-state index in [1.165, 1.54) is 0 Å². The van der Waals surface area contributed by atoms with Gasteiger partial charge in [-0.05, 0) is 47.5 Å². The molecule has 24 heavy (non-hydrogen) atoms. The number of hydrogen-bond donors (Lipinski definition) is 0. The van der Waals surface area contributed by atoms with Gasteiger partial charge in [0.1, 0.15) is 17.8 Å². The Bertz CT molecular complexity index is 474. The van der Waals surface area contributed by atoms with Gasteiger partial charge in [0, 0.05) is 0 Å². The van der Waals surface area contributed by atoms with Gasteiger partial charge in [0.15, 0.2) is 0 Å². The zero-order valence-corrected chi connectivity index (χ0v) is 15.8. The first-order valence-corrected chi connectivity index (χ1v) is 8.15. The quantitative estimate of drug-likeness (QED) is 0.536. The zero-order valence-electron chi connectivity index (χ0n) is 15.8. The van der Waals surface area contributed by atoms with Crippen molar-refractivity contribution in [1.82, 2.24) is 4.90 Å². The van der Waals surface area contributed by atoms with E-state index in [-0.39, 0.29) is 18.5 Å². The molecule has 1 rings (SSSR count). The van der Waals surface area contributed by atoms with Crippen molar-refractivity contribution in [3.8, 4) is 0 Å². The predicted octanol–water partition coefficient (Wildman–Crippen LogP) is 3.36. The third kappa shape index (κ3) is 5.39. The average molecular weight is 343 g/mol. The van der Waals surface area contributed by atoms with Crippen LogP contribution in [0.3, 0.4) is 0 Å². The minimum absolute atomic E-state index is 0.0666. The second kappa shape index (κ2) is 6.99. The second-order valence-electron chi connectivity index (χ2n) is 8.18. The lowest BCUT2D eigenvalue weighted by Gasteiger charge is -2.39. The highest BCUT2D eigenvalue weighted by Gasteiger charge is 2.45. The smallest absolute Gasteiger partial charge is 0.420 e. The fourth-order valence-electron chi connectivity index (χ4n) is 2.28. The number of nitrogens with zero attached hydrogens (tertiary/aromatic N) is 1. The normalized spacial score (nSPS) is 24.8. The Kier molecular flexibility index (Phi) is 5.90. The van der Waals surface area contributed by atoms with Crippen molar-refractivity contribution in [1.29, 1.82) is 0 Å². The Balaban J connectivity index is 3.11. The highest BCUT2D eigenvalue weighted by Crippen LogP contribution is 2.28. The van der Waals surface area contributed by atoms with Gasteiger partial charge >= 0.3 is 18.2 Å². The minimum Gasteiger partial charge on any atom is -0.463 e. The molecule has 0 aromatic carbocycles. The standard InChI is InChI=1S/C17H29NO6/c1-10-11(2)13(19)22-9-12(10)18(14(20)23-16(3,4)5)15(21)24-17(6,7)8/h10-12H,9H2,1-8H3/t10-,11+,12+/m0/s1. The molecular weight excluding hydrogens is 314 g/mol. The van der Waals surface area contributed by atoms with E-state index in [0.717, 1.165) is 4.90 Å². The fourth-order valence-corrected chi connectivity index (χ4v) is 2.28. The summed E-state index contributed by atoms with van der Waals surface area (Å²) in [5.41, 5.74) is -1.53. The van der Waals surface area contributed by atoms with Gasteiger partial charge in [0.05, 0.1) is 12.0 Å². The van der Waals surface area contributed by atoms with Crippen LogP contribution < -0.4 is 0 Å². The Labute approximate surface area is 143 Å². The Morgan fingerprint density at radius 1 is 1.00 bits per heavy atom. The first-order chi connectivity index (χ1) is 10.7. The third-order valence-corrected chi connectivity index (χ3v) is 3.68. The molecule has 0 aromatic rings. The maximum atomic E-state index is 12.6. The number of esters is 1. The summed E-state index contributed by atoms with van der Waals surface area (Å²) < 4.78 is 15.8. The molecule has 7 heteroatoms. The number of carbonyl (C=O) groups excluding carboxylic acids is 3. The molecule has 3 atom stereocenters. The van der Waals surface area contributed by atoms with Crippen molar-refractivity contribution in [2.24, 2.45) is 11.8 Å². The molecule has 7 nitrogen and oxygen atoms in total. The molecule has 0 saturated carbocycles. The van der Waals surface area contributed by atoms with E-state index in [2.05, 4.69) is 0 Å². The maximum Gasteiger partial charge on any atom is 0.420 e. The fraction of sp³-hybridized carbons (Fsp3) is 0.824. The predicted molar refractivity (Wildman–Crippen MR) is 87.4 cm³/mol. The van der Waals surface area contributed by atoms with Crippen LogP contribution in [0.5, 0.6) is 0 Å². The number of ether oxygens (including phenoxy) is 3. The number of rotatable bonds is 1. The summed E-state index contributed by atoms with van der Waals surface area (Å²) in [6.45, 7) is 13.7. The number of amides is 2. The van der Waals surface area contributed by atoms with Gasteiger partial charge in [-0.25, -0.2) is 14.5 Å². The molecule has 138 valence electrons. The molecular formula is C17H29NO6. The molecule has 0 unspecified atom stereocenters. The van der Waals surface area contributed by atoms with Crippen LogP contribution in [-0.2, 0) is 19.0 Å². The average Bonchev–Trinajstić information content (AvgIpc) is 2.35. The summed E-state index contributed by atoms with van der Waals surface area (Å²) in [6.07, 6.45) is -1.61. The molecule has 0 aromatic heterocycles. The van der Waals surface area contributed by atoms with Crippen LogP contribution in [-0.4, -0.2) is 46.9 Å². The summed E-state index contributed by atoms with van der Waals surface area (Å²) in [5, 5.41) is 0. The molecule has 0 bridgehead atoms. The van der Waals surface area contributed by atoms with Crippen molar-refractivity contribution in [2.75, 3.05) is 6.61 Å². The second-order valence-corrected chi connectivity index (χ2v) is 8.18. The molecule has 0 radical (unpaired) electrons. The van der Waals surface area contributed by atoms with Gasteiger partial charge in [-0.2, -0.15) is 0 Å². The molecule has 1 fully saturated rings. The number of hydrogen-bond acceptors (Lipinski definition) is 6. The molecule has 0 aliphatic carbocycles. The van der Waals surface area contributed by atoms with Crippen LogP contribution in [0.15, 0.2) is 0 Å². The van der Waals surface area contributed by atoms with Gasteiger partial charge in [-0.15, -0.1) is 0 Å². The van der Waals surface area contributed by atoms with Crippen molar-refractivity contribution in [3.63, 3.8) is 0 Å². The van der Waals surface area contributed by atoms with Gasteiger partial charge in [0.25, 0.3) is 0 Å². The Morgan fingerprint density at radius 2 is 1.42 bits per heavy atom. The van der Waals surface area contributed by atoms with Crippen LogP contribution >= 0.6 is 0 Å². The molecule has 1 aliphatic heterocycles. The largest absolute Gasteiger partial charge is 0.463 e. The molecule has 1 heterocycles. The van der Waals surface area contributed by atoms with Gasteiger partial charge in [0.2, 0.25) is 0 Å². The van der Waals surface area contributed by atoms with E-state index in [4.69, 9.17) is 14.2 Å². The number of carbonyl (C=O) groups is 3. The van der Waals surface area contributed by atoms with Crippen LogP contribution in [0.2, 0.25) is 0 Å². The lowest BCUT2D eigenvalue weighted by atomic mass is 9.86. The molecule has 1 saturated heterocycles. The molecule has 1 aliphatic rings. The molecule has 0 spiro atoms. The van der Waals surface area contributed by atoms with Crippen molar-refractivity contribution in [2.45, 2.75) is 72.6 Å². The Morgan fingerprint density at radius 3 is 1.79 bits per heavy atom. The van der Waals surface area contributed by atoms with Crippen molar-refractivity contribution in [3.05, 3.63) is 0 Å². The lowest BCUT2D eigenvalue weighted by Crippen LogP contribution is -2.56. The van der Waals surface area contributed by atoms with Gasteiger partial charge < -0.3 is 14.2 Å². The van der Waals surface area contributed by atoms with Gasteiger partial charge in [-0.3, -0.25) is 4.79 Å². The molecule has 2 amide bonds. The zero-order chi connectivity index (χ0) is 18.9. The summed E-state index contributed by atoms with van der Waals surface area (Å²) in [4.78, 5) is 37.8. The first-order valence-electron chi connectivity index (χ1n) is 8.15.